The summed E-state index contributed by atoms with van der Waals surface area (Å²) >= 11 is 0. The SMILES string of the molecule is Cl.Cl.[C]=O.[Ru].c1ccc(P(c2ccccc2)c2ccccc2)cc1.c1ccc(P(c2ccccc2)c2ccccc2)cc1.c1ccc(P(c2ccccc2)c2ccccc2)cc1. The van der Waals surface area contributed by atoms with Gasteiger partial charge in [-0.25, -0.2) is 0 Å². The van der Waals surface area contributed by atoms with Gasteiger partial charge in [0.05, 0.1) is 0 Å². The summed E-state index contributed by atoms with van der Waals surface area (Å²) in [4.78, 5) is 7.50. The fourth-order valence-corrected chi connectivity index (χ4v) is 13.5. The minimum absolute atomic E-state index is 0. The van der Waals surface area contributed by atoms with Crippen LogP contribution in [0.4, 0.5) is 0 Å². The molecule has 62 heavy (non-hydrogen) atoms. The van der Waals surface area contributed by atoms with Crippen LogP contribution in [0.25, 0.3) is 0 Å². The number of benzene rings is 9. The molecular weight excluding hydrogens is 942 g/mol. The summed E-state index contributed by atoms with van der Waals surface area (Å²) in [5.74, 6) is 0. The van der Waals surface area contributed by atoms with Crippen molar-refractivity contribution in [1.29, 1.82) is 0 Å². The molecule has 0 N–H and O–H groups in total. The van der Waals surface area contributed by atoms with E-state index in [1.807, 2.05) is 0 Å². The minimum atomic E-state index is -0.446. The van der Waals surface area contributed by atoms with E-state index < -0.39 is 23.8 Å². The van der Waals surface area contributed by atoms with Gasteiger partial charge >= 0.3 is 0 Å². The van der Waals surface area contributed by atoms with E-state index in [1.165, 1.54) is 47.7 Å². The Morgan fingerprint density at radius 2 is 0.274 bits per heavy atom. The first kappa shape index (κ1) is 51.5. The summed E-state index contributed by atoms with van der Waals surface area (Å²) in [5.41, 5.74) is 0. The quantitative estimate of drug-likeness (QED) is 0.104. The van der Waals surface area contributed by atoms with Crippen molar-refractivity contribution in [3.63, 3.8) is 0 Å². The zero-order valence-electron chi connectivity index (χ0n) is 33.9. The van der Waals surface area contributed by atoms with Crippen molar-refractivity contribution in [2.45, 2.75) is 0 Å². The van der Waals surface area contributed by atoms with Crippen LogP contribution in [0.3, 0.4) is 0 Å². The maximum atomic E-state index is 7.50. The van der Waals surface area contributed by atoms with E-state index in [-0.39, 0.29) is 44.3 Å². The molecule has 0 heterocycles. The molecule has 0 aromatic heterocycles. The van der Waals surface area contributed by atoms with Gasteiger partial charge < -0.3 is 0 Å². The van der Waals surface area contributed by atoms with Crippen LogP contribution in [0, 0.1) is 0 Å². The number of halogens is 2. The number of hydrogen-bond donors (Lipinski definition) is 0. The molecule has 310 valence electrons. The van der Waals surface area contributed by atoms with E-state index in [2.05, 4.69) is 280 Å². The topological polar surface area (TPSA) is 17.1 Å². The second kappa shape index (κ2) is 29.4. The van der Waals surface area contributed by atoms with Crippen LogP contribution in [0.15, 0.2) is 273 Å². The minimum Gasteiger partial charge on any atom is -0.281 e. The number of carbonyl (C=O) groups excluding carboxylic acids is 1. The molecule has 0 aliphatic carbocycles. The maximum Gasteiger partial charge on any atom is 0.281 e. The molecule has 0 aliphatic heterocycles. The Morgan fingerprint density at radius 1 is 0.194 bits per heavy atom. The summed E-state index contributed by atoms with van der Waals surface area (Å²) in [6, 6.07) is 97.0. The maximum absolute atomic E-state index is 7.50. The van der Waals surface area contributed by atoms with Crippen LogP contribution in [-0.4, -0.2) is 6.79 Å². The number of hydrogen-bond acceptors (Lipinski definition) is 1. The fraction of sp³-hybridized carbons (Fsp3) is 0. The molecule has 0 unspecified atom stereocenters. The van der Waals surface area contributed by atoms with Gasteiger partial charge in [0, 0.05) is 19.5 Å². The van der Waals surface area contributed by atoms with Gasteiger partial charge in [0.25, 0.3) is 6.79 Å². The van der Waals surface area contributed by atoms with Gasteiger partial charge in [0.1, 0.15) is 0 Å². The Balaban J connectivity index is 0.000000237. The van der Waals surface area contributed by atoms with Crippen molar-refractivity contribution in [1.82, 2.24) is 0 Å². The van der Waals surface area contributed by atoms with Gasteiger partial charge in [-0.3, -0.25) is 4.79 Å². The average Bonchev–Trinajstić information content (AvgIpc) is 3.34. The zero-order valence-corrected chi connectivity index (χ0v) is 40.0. The third-order valence-corrected chi connectivity index (χ3v) is 16.5. The normalized spacial score (nSPS) is 9.79. The van der Waals surface area contributed by atoms with Gasteiger partial charge in [-0.15, -0.1) is 24.8 Å². The predicted octanol–water partition coefficient (Wildman–Crippen LogP) is 10.8. The second-order valence-electron chi connectivity index (χ2n) is 13.0. The summed E-state index contributed by atoms with van der Waals surface area (Å²) in [5, 5.41) is 12.6. The first-order valence-electron chi connectivity index (χ1n) is 19.4. The molecule has 9 rings (SSSR count). The molecule has 9 aromatic rings. The third kappa shape index (κ3) is 15.2. The van der Waals surface area contributed by atoms with E-state index in [0.717, 1.165) is 0 Å². The molecule has 0 aliphatic rings. The van der Waals surface area contributed by atoms with Crippen LogP contribution in [0.1, 0.15) is 0 Å². The van der Waals surface area contributed by atoms with Crippen molar-refractivity contribution in [2.75, 3.05) is 0 Å². The molecule has 0 bridgehead atoms. The summed E-state index contributed by atoms with van der Waals surface area (Å²) in [6.45, 7) is 4.50. The monoisotopic (exact) mass is 988 g/mol. The Hall–Kier alpha value is -4.86. The summed E-state index contributed by atoms with van der Waals surface area (Å²) in [7, 11) is -1.34. The van der Waals surface area contributed by atoms with Crippen molar-refractivity contribution in [2.24, 2.45) is 0 Å². The van der Waals surface area contributed by atoms with Gasteiger partial charge in [0.2, 0.25) is 0 Å². The zero-order chi connectivity index (χ0) is 40.7. The molecule has 0 atom stereocenters. The van der Waals surface area contributed by atoms with Crippen LogP contribution < -0.4 is 47.7 Å². The smallest absolute Gasteiger partial charge is 0.281 e. The Morgan fingerprint density at radius 3 is 0.355 bits per heavy atom. The fourth-order valence-electron chi connectivity index (χ4n) is 6.54. The van der Waals surface area contributed by atoms with Crippen molar-refractivity contribution in [3.8, 4) is 0 Å². The van der Waals surface area contributed by atoms with E-state index >= 15 is 0 Å². The molecule has 0 saturated carbocycles. The van der Waals surface area contributed by atoms with E-state index in [0.29, 0.717) is 0 Å². The predicted molar refractivity (Wildman–Crippen MR) is 276 cm³/mol. The first-order valence-corrected chi connectivity index (χ1v) is 23.4. The Kier molecular flexibility index (Phi) is 24.5. The van der Waals surface area contributed by atoms with Gasteiger partial charge in [0.15, 0.2) is 0 Å². The molecular formula is C55H47Cl2OP3Ru. The van der Waals surface area contributed by atoms with Crippen molar-refractivity contribution in [3.05, 3.63) is 273 Å². The molecule has 0 spiro atoms. The van der Waals surface area contributed by atoms with Gasteiger partial charge in [-0.2, -0.15) is 0 Å². The third-order valence-electron chi connectivity index (χ3n) is 9.13. The standard InChI is InChI=1S/3C18H15P.CO.2ClH.Ru/c3*1-4-10-16(11-5-1)19(17-12-6-2-7-13-17)18-14-8-3-9-15-18;1-2;;;/h3*1-15H;;2*1H;. The van der Waals surface area contributed by atoms with Crippen LogP contribution in [0.2, 0.25) is 0 Å². The molecule has 7 heteroatoms. The van der Waals surface area contributed by atoms with Gasteiger partial charge in [-0.05, 0) is 71.5 Å². The van der Waals surface area contributed by atoms with E-state index in [1.54, 1.807) is 0 Å². The Bertz CT molecular complexity index is 1900. The molecule has 9 aromatic carbocycles. The van der Waals surface area contributed by atoms with E-state index in [9.17, 15) is 0 Å². The second-order valence-corrected chi connectivity index (χ2v) is 19.7. The summed E-state index contributed by atoms with van der Waals surface area (Å²) in [6.07, 6.45) is 0. The molecule has 0 fully saturated rings. The molecule has 0 saturated heterocycles. The number of rotatable bonds is 9. The van der Waals surface area contributed by atoms with Crippen molar-refractivity contribution < 1.29 is 24.3 Å². The molecule has 0 amide bonds. The largest absolute Gasteiger partial charge is 0.281 e. The summed E-state index contributed by atoms with van der Waals surface area (Å²) < 4.78 is 0. The first-order chi connectivity index (χ1) is 29.3. The van der Waals surface area contributed by atoms with Gasteiger partial charge in [-0.1, -0.05) is 273 Å². The van der Waals surface area contributed by atoms with Crippen LogP contribution >= 0.6 is 48.6 Å². The van der Waals surface area contributed by atoms with Crippen LogP contribution in [0.5, 0.6) is 0 Å². The van der Waals surface area contributed by atoms with Crippen molar-refractivity contribution >= 4 is 103 Å². The van der Waals surface area contributed by atoms with E-state index in [4.69, 9.17) is 4.79 Å². The molecule has 1 nitrogen and oxygen atoms in total. The van der Waals surface area contributed by atoms with Crippen LogP contribution in [-0.2, 0) is 24.3 Å². The Labute approximate surface area is 397 Å². The molecule has 2 radical (unpaired) electrons. The average molecular weight is 989 g/mol.